The zero-order valence-corrected chi connectivity index (χ0v) is 12.2. The van der Waals surface area contributed by atoms with Crippen molar-refractivity contribution in [2.75, 3.05) is 6.54 Å². The molecule has 8 heteroatoms. The second-order valence-corrected chi connectivity index (χ2v) is 6.33. The van der Waals surface area contributed by atoms with Gasteiger partial charge < -0.3 is 0 Å². The third-order valence-electron chi connectivity index (χ3n) is 2.38. The van der Waals surface area contributed by atoms with E-state index in [-0.39, 0.29) is 15.9 Å². The van der Waals surface area contributed by atoms with Gasteiger partial charge in [-0.15, -0.1) is 0 Å². The van der Waals surface area contributed by atoms with Crippen LogP contribution in [-0.4, -0.2) is 24.7 Å². The molecule has 0 aliphatic heterocycles. The standard InChI is InChI=1S/C11H11BrFN3O2S/c12-10-8-9(13)2-3-11(10)19(17,18)15-5-7-16-6-1-4-14-16/h1-4,6,8,15H,5,7H2. The van der Waals surface area contributed by atoms with Crippen molar-refractivity contribution >= 4 is 26.0 Å². The fraction of sp³-hybridized carbons (Fsp3) is 0.182. The summed E-state index contributed by atoms with van der Waals surface area (Å²) in [5.74, 6) is -0.498. The molecule has 0 unspecified atom stereocenters. The van der Waals surface area contributed by atoms with Crippen LogP contribution in [-0.2, 0) is 16.6 Å². The molecule has 1 heterocycles. The minimum absolute atomic E-state index is 0.00867. The minimum Gasteiger partial charge on any atom is -0.271 e. The van der Waals surface area contributed by atoms with Crippen LogP contribution >= 0.6 is 15.9 Å². The van der Waals surface area contributed by atoms with E-state index in [1.54, 1.807) is 23.1 Å². The van der Waals surface area contributed by atoms with Gasteiger partial charge in [0, 0.05) is 23.4 Å². The van der Waals surface area contributed by atoms with Gasteiger partial charge in [0.05, 0.1) is 11.4 Å². The SMILES string of the molecule is O=S(=O)(NCCn1cccn1)c1ccc(F)cc1Br. The van der Waals surface area contributed by atoms with Gasteiger partial charge in [-0.1, -0.05) is 0 Å². The van der Waals surface area contributed by atoms with Crippen molar-refractivity contribution in [2.24, 2.45) is 0 Å². The largest absolute Gasteiger partial charge is 0.271 e. The summed E-state index contributed by atoms with van der Waals surface area (Å²) in [6.45, 7) is 0.624. The van der Waals surface area contributed by atoms with Gasteiger partial charge in [-0.2, -0.15) is 5.10 Å². The molecular weight excluding hydrogens is 337 g/mol. The van der Waals surface area contributed by atoms with Crippen molar-refractivity contribution in [3.05, 3.63) is 46.9 Å². The van der Waals surface area contributed by atoms with Crippen LogP contribution in [0.4, 0.5) is 4.39 Å². The zero-order chi connectivity index (χ0) is 13.9. The summed E-state index contributed by atoms with van der Waals surface area (Å²) in [7, 11) is -3.67. The summed E-state index contributed by atoms with van der Waals surface area (Å²) in [6, 6.07) is 5.19. The van der Waals surface area contributed by atoms with E-state index in [0.717, 1.165) is 12.1 Å². The highest BCUT2D eigenvalue weighted by Gasteiger charge is 2.17. The summed E-state index contributed by atoms with van der Waals surface area (Å²) >= 11 is 3.04. The Morgan fingerprint density at radius 2 is 2.21 bits per heavy atom. The van der Waals surface area contributed by atoms with E-state index in [1.165, 1.54) is 6.07 Å². The fourth-order valence-electron chi connectivity index (χ4n) is 1.50. The Bertz CT molecular complexity index is 659. The maximum Gasteiger partial charge on any atom is 0.241 e. The van der Waals surface area contributed by atoms with Crippen LogP contribution in [0.3, 0.4) is 0 Å². The van der Waals surface area contributed by atoms with Crippen LogP contribution in [0.15, 0.2) is 46.0 Å². The van der Waals surface area contributed by atoms with Crippen molar-refractivity contribution in [3.63, 3.8) is 0 Å². The maximum absolute atomic E-state index is 12.9. The van der Waals surface area contributed by atoms with E-state index in [2.05, 4.69) is 25.8 Å². The number of nitrogens with one attached hydrogen (secondary N) is 1. The highest BCUT2D eigenvalue weighted by atomic mass is 79.9. The quantitative estimate of drug-likeness (QED) is 0.896. The molecule has 1 N–H and O–H groups in total. The van der Waals surface area contributed by atoms with Crippen molar-refractivity contribution < 1.29 is 12.8 Å². The van der Waals surface area contributed by atoms with Crippen molar-refractivity contribution in [1.82, 2.24) is 14.5 Å². The topological polar surface area (TPSA) is 64.0 Å². The summed E-state index contributed by atoms with van der Waals surface area (Å²) in [4.78, 5) is 0.00867. The first-order chi connectivity index (χ1) is 8.99. The summed E-state index contributed by atoms with van der Waals surface area (Å²) in [5.41, 5.74) is 0. The molecule has 0 atom stereocenters. The Hall–Kier alpha value is -1.25. The summed E-state index contributed by atoms with van der Waals surface area (Å²) < 4.78 is 41.2. The van der Waals surface area contributed by atoms with Gasteiger partial charge in [-0.25, -0.2) is 17.5 Å². The fourth-order valence-corrected chi connectivity index (χ4v) is 3.57. The lowest BCUT2D eigenvalue weighted by atomic mass is 10.3. The van der Waals surface area contributed by atoms with Crippen LogP contribution in [0.5, 0.6) is 0 Å². The zero-order valence-electron chi connectivity index (χ0n) is 9.75. The Balaban J connectivity index is 2.05. The first-order valence-corrected chi connectivity index (χ1v) is 7.69. The van der Waals surface area contributed by atoms with Crippen molar-refractivity contribution in [3.8, 4) is 0 Å². The maximum atomic E-state index is 12.9. The molecule has 5 nitrogen and oxygen atoms in total. The molecule has 0 radical (unpaired) electrons. The first-order valence-electron chi connectivity index (χ1n) is 5.41. The van der Waals surface area contributed by atoms with Crippen LogP contribution in [0, 0.1) is 5.82 Å². The molecule has 0 aliphatic rings. The van der Waals surface area contributed by atoms with E-state index in [9.17, 15) is 12.8 Å². The molecule has 0 aliphatic carbocycles. The highest BCUT2D eigenvalue weighted by molar-refractivity contribution is 9.10. The number of hydrogen-bond donors (Lipinski definition) is 1. The first kappa shape index (κ1) is 14.2. The average molecular weight is 348 g/mol. The average Bonchev–Trinajstić information content (AvgIpc) is 2.81. The normalized spacial score (nSPS) is 11.7. The molecule has 0 amide bonds. The van der Waals surface area contributed by atoms with Gasteiger partial charge in [-0.3, -0.25) is 4.68 Å². The molecular formula is C11H11BrFN3O2S. The third kappa shape index (κ3) is 3.62. The molecule has 1 aromatic carbocycles. The van der Waals surface area contributed by atoms with Crippen LogP contribution in [0.1, 0.15) is 0 Å². The predicted molar refractivity (Wildman–Crippen MR) is 71.5 cm³/mol. The minimum atomic E-state index is -3.67. The number of rotatable bonds is 5. The second-order valence-electron chi connectivity index (χ2n) is 3.74. The lowest BCUT2D eigenvalue weighted by Crippen LogP contribution is -2.27. The number of benzene rings is 1. The molecule has 102 valence electrons. The predicted octanol–water partition coefficient (Wildman–Crippen LogP) is 1.76. The molecule has 0 bridgehead atoms. The molecule has 1 aromatic heterocycles. The van der Waals surface area contributed by atoms with E-state index in [1.807, 2.05) is 0 Å². The smallest absolute Gasteiger partial charge is 0.241 e. The molecule has 0 fully saturated rings. The van der Waals surface area contributed by atoms with Gasteiger partial charge in [0.1, 0.15) is 5.82 Å². The lowest BCUT2D eigenvalue weighted by Gasteiger charge is -2.08. The molecule has 19 heavy (non-hydrogen) atoms. The number of aromatic nitrogens is 2. The van der Waals surface area contributed by atoms with E-state index in [4.69, 9.17) is 0 Å². The van der Waals surface area contributed by atoms with Gasteiger partial charge in [0.2, 0.25) is 10.0 Å². The lowest BCUT2D eigenvalue weighted by molar-refractivity contribution is 0.560. The molecule has 2 aromatic rings. The molecule has 0 saturated carbocycles. The van der Waals surface area contributed by atoms with E-state index in [0.29, 0.717) is 6.54 Å². The van der Waals surface area contributed by atoms with Gasteiger partial charge >= 0.3 is 0 Å². The van der Waals surface area contributed by atoms with Crippen LogP contribution in [0.2, 0.25) is 0 Å². The molecule has 2 rings (SSSR count). The van der Waals surface area contributed by atoms with Crippen LogP contribution in [0.25, 0.3) is 0 Å². The number of nitrogens with zero attached hydrogens (tertiary/aromatic N) is 2. The van der Waals surface area contributed by atoms with Gasteiger partial charge in [0.25, 0.3) is 0 Å². The molecule has 0 spiro atoms. The third-order valence-corrected chi connectivity index (χ3v) is 4.81. The number of halogens is 2. The van der Waals surface area contributed by atoms with Crippen LogP contribution < -0.4 is 4.72 Å². The van der Waals surface area contributed by atoms with Gasteiger partial charge in [-0.05, 0) is 40.2 Å². The monoisotopic (exact) mass is 347 g/mol. The summed E-state index contributed by atoms with van der Waals surface area (Å²) in [6.07, 6.45) is 3.35. The second kappa shape index (κ2) is 5.81. The highest BCUT2D eigenvalue weighted by Crippen LogP contribution is 2.22. The van der Waals surface area contributed by atoms with E-state index < -0.39 is 15.8 Å². The summed E-state index contributed by atoms with van der Waals surface area (Å²) in [5, 5.41) is 3.96. The Kier molecular flexibility index (Phi) is 4.33. The van der Waals surface area contributed by atoms with Gasteiger partial charge in [0.15, 0.2) is 0 Å². The van der Waals surface area contributed by atoms with E-state index >= 15 is 0 Å². The van der Waals surface area contributed by atoms with Crippen molar-refractivity contribution in [1.29, 1.82) is 0 Å². The van der Waals surface area contributed by atoms with Crippen molar-refractivity contribution in [2.45, 2.75) is 11.4 Å². The Morgan fingerprint density at radius 3 is 2.84 bits per heavy atom. The number of sulfonamides is 1. The molecule has 0 saturated heterocycles. The number of hydrogen-bond acceptors (Lipinski definition) is 3. The Labute approximate surface area is 118 Å². The Morgan fingerprint density at radius 1 is 1.42 bits per heavy atom.